The van der Waals surface area contributed by atoms with Crippen LogP contribution in [0.25, 0.3) is 0 Å². The highest BCUT2D eigenvalue weighted by molar-refractivity contribution is 7.89. The summed E-state index contributed by atoms with van der Waals surface area (Å²) in [5, 5.41) is 9.02. The molecule has 21 heavy (non-hydrogen) atoms. The lowest BCUT2D eigenvalue weighted by atomic mass is 10.1. The van der Waals surface area contributed by atoms with E-state index in [1.165, 1.54) is 19.2 Å². The second-order valence-electron chi connectivity index (χ2n) is 4.48. The fourth-order valence-corrected chi connectivity index (χ4v) is 3.03. The molecule has 0 atom stereocenters. The van der Waals surface area contributed by atoms with Gasteiger partial charge in [-0.2, -0.15) is 9.57 Å². The van der Waals surface area contributed by atoms with Crippen molar-refractivity contribution in [1.29, 1.82) is 5.26 Å². The second-order valence-corrected chi connectivity index (χ2v) is 6.53. The number of hydrogen-bond acceptors (Lipinski definition) is 3. The summed E-state index contributed by atoms with van der Waals surface area (Å²) in [5.41, 5.74) is 1.05. The maximum absolute atomic E-state index is 12.9. The Bertz CT molecular complexity index is 780. The Morgan fingerprint density at radius 1 is 1.14 bits per heavy atom. The zero-order valence-electron chi connectivity index (χ0n) is 11.3. The number of rotatable bonds is 4. The van der Waals surface area contributed by atoms with Gasteiger partial charge in [0.05, 0.1) is 16.5 Å². The van der Waals surface area contributed by atoms with Gasteiger partial charge >= 0.3 is 0 Å². The molecule has 0 aliphatic carbocycles. The van der Waals surface area contributed by atoms with E-state index in [-0.39, 0.29) is 11.4 Å². The molecule has 0 radical (unpaired) electrons. The molecule has 108 valence electrons. The first-order valence-electron chi connectivity index (χ1n) is 6.15. The molecule has 2 aromatic carbocycles. The summed E-state index contributed by atoms with van der Waals surface area (Å²) < 4.78 is 38.7. The predicted molar refractivity (Wildman–Crippen MR) is 76.2 cm³/mol. The number of nitrogens with zero attached hydrogens (tertiary/aromatic N) is 2. The van der Waals surface area contributed by atoms with E-state index < -0.39 is 15.8 Å². The minimum absolute atomic E-state index is 0.0147. The molecule has 0 saturated heterocycles. The summed E-state index contributed by atoms with van der Waals surface area (Å²) in [6.07, 6.45) is 0. The molecular weight excluding hydrogens is 291 g/mol. The van der Waals surface area contributed by atoms with Crippen molar-refractivity contribution >= 4 is 10.0 Å². The average molecular weight is 304 g/mol. The number of sulfonamides is 1. The lowest BCUT2D eigenvalue weighted by Gasteiger charge is -2.17. The molecule has 2 aromatic rings. The highest BCUT2D eigenvalue weighted by Gasteiger charge is 2.21. The van der Waals surface area contributed by atoms with Crippen LogP contribution >= 0.6 is 0 Å². The largest absolute Gasteiger partial charge is 0.243 e. The molecule has 0 amide bonds. The van der Waals surface area contributed by atoms with Crippen LogP contribution in [0.5, 0.6) is 0 Å². The van der Waals surface area contributed by atoms with E-state index in [0.717, 1.165) is 16.4 Å². The van der Waals surface area contributed by atoms with Crippen molar-refractivity contribution in [1.82, 2.24) is 4.31 Å². The quantitative estimate of drug-likeness (QED) is 0.872. The monoisotopic (exact) mass is 304 g/mol. The van der Waals surface area contributed by atoms with E-state index in [9.17, 15) is 12.8 Å². The maximum Gasteiger partial charge on any atom is 0.243 e. The van der Waals surface area contributed by atoms with E-state index >= 15 is 0 Å². The van der Waals surface area contributed by atoms with Crippen molar-refractivity contribution in [3.63, 3.8) is 0 Å². The van der Waals surface area contributed by atoms with Gasteiger partial charge in [0.15, 0.2) is 0 Å². The zero-order chi connectivity index (χ0) is 15.5. The first-order valence-corrected chi connectivity index (χ1v) is 7.59. The van der Waals surface area contributed by atoms with Gasteiger partial charge in [-0.05, 0) is 35.9 Å². The van der Waals surface area contributed by atoms with Crippen molar-refractivity contribution in [2.45, 2.75) is 11.4 Å². The molecule has 6 heteroatoms. The summed E-state index contributed by atoms with van der Waals surface area (Å²) in [4.78, 5) is 0.0147. The lowest BCUT2D eigenvalue weighted by molar-refractivity contribution is 0.466. The summed E-state index contributed by atoms with van der Waals surface area (Å²) in [6.45, 7) is 0.0729. The van der Waals surface area contributed by atoms with E-state index in [2.05, 4.69) is 0 Å². The Labute approximate surface area is 123 Å². The number of hydrogen-bond donors (Lipinski definition) is 0. The minimum atomic E-state index is -3.72. The zero-order valence-corrected chi connectivity index (χ0v) is 12.1. The van der Waals surface area contributed by atoms with E-state index in [1.54, 1.807) is 24.3 Å². The van der Waals surface area contributed by atoms with Gasteiger partial charge in [0, 0.05) is 13.6 Å². The lowest BCUT2D eigenvalue weighted by Crippen LogP contribution is -2.26. The van der Waals surface area contributed by atoms with Crippen molar-refractivity contribution in [3.8, 4) is 6.07 Å². The van der Waals surface area contributed by atoms with Gasteiger partial charge in [-0.1, -0.05) is 18.2 Å². The first kappa shape index (κ1) is 15.2. The van der Waals surface area contributed by atoms with Gasteiger partial charge in [-0.3, -0.25) is 0 Å². The Hall–Kier alpha value is -2.23. The van der Waals surface area contributed by atoms with Gasteiger partial charge in [0.2, 0.25) is 10.0 Å². The van der Waals surface area contributed by atoms with Crippen LogP contribution in [0.2, 0.25) is 0 Å². The van der Waals surface area contributed by atoms with Gasteiger partial charge in [-0.25, -0.2) is 12.8 Å². The van der Waals surface area contributed by atoms with Crippen LogP contribution < -0.4 is 0 Å². The SMILES string of the molecule is CN(Cc1ccccc1C#N)S(=O)(=O)c1ccc(F)cc1. The molecule has 0 N–H and O–H groups in total. The molecule has 0 saturated carbocycles. The van der Waals surface area contributed by atoms with E-state index in [0.29, 0.717) is 11.1 Å². The highest BCUT2D eigenvalue weighted by Crippen LogP contribution is 2.18. The Morgan fingerprint density at radius 3 is 2.38 bits per heavy atom. The topological polar surface area (TPSA) is 61.2 Å². The van der Waals surface area contributed by atoms with Gasteiger partial charge in [-0.15, -0.1) is 0 Å². The van der Waals surface area contributed by atoms with Gasteiger partial charge in [0.1, 0.15) is 5.82 Å². The molecule has 2 rings (SSSR count). The Kier molecular flexibility index (Phi) is 4.36. The standard InChI is InChI=1S/C15H13FN2O2S/c1-18(11-13-5-3-2-4-12(13)10-17)21(19,20)15-8-6-14(16)7-9-15/h2-9H,11H2,1H3. The molecule has 0 heterocycles. The number of halogens is 1. The molecule has 0 aliphatic heterocycles. The molecule has 0 aromatic heterocycles. The summed E-state index contributed by atoms with van der Waals surface area (Å²) >= 11 is 0. The molecule has 0 unspecified atom stereocenters. The van der Waals surface area contributed by atoms with E-state index in [4.69, 9.17) is 5.26 Å². The summed E-state index contributed by atoms with van der Waals surface area (Å²) in [7, 11) is -2.30. The van der Waals surface area contributed by atoms with Crippen molar-refractivity contribution in [2.24, 2.45) is 0 Å². The first-order chi connectivity index (χ1) is 9.95. The van der Waals surface area contributed by atoms with Crippen LogP contribution in [-0.4, -0.2) is 19.8 Å². The third-order valence-electron chi connectivity index (χ3n) is 3.05. The van der Waals surface area contributed by atoms with Crippen LogP contribution in [-0.2, 0) is 16.6 Å². The molecule has 0 bridgehead atoms. The third kappa shape index (κ3) is 3.27. The molecule has 0 spiro atoms. The second kappa shape index (κ2) is 6.04. The Balaban J connectivity index is 2.29. The predicted octanol–water partition coefficient (Wildman–Crippen LogP) is 2.52. The van der Waals surface area contributed by atoms with Crippen LogP contribution in [0, 0.1) is 17.1 Å². The maximum atomic E-state index is 12.9. The number of benzene rings is 2. The molecule has 0 fully saturated rings. The number of nitriles is 1. The van der Waals surface area contributed by atoms with Crippen molar-refractivity contribution in [3.05, 3.63) is 65.5 Å². The Morgan fingerprint density at radius 2 is 1.76 bits per heavy atom. The molecule has 0 aliphatic rings. The van der Waals surface area contributed by atoms with Crippen LogP contribution in [0.4, 0.5) is 4.39 Å². The van der Waals surface area contributed by atoms with Gasteiger partial charge < -0.3 is 0 Å². The van der Waals surface area contributed by atoms with Crippen LogP contribution in [0.1, 0.15) is 11.1 Å². The average Bonchev–Trinajstić information content (AvgIpc) is 2.48. The summed E-state index contributed by atoms with van der Waals surface area (Å²) in [6, 6.07) is 13.5. The van der Waals surface area contributed by atoms with E-state index in [1.807, 2.05) is 6.07 Å². The molecular formula is C15H13FN2O2S. The third-order valence-corrected chi connectivity index (χ3v) is 4.87. The normalized spacial score (nSPS) is 11.3. The van der Waals surface area contributed by atoms with Crippen LogP contribution in [0.3, 0.4) is 0 Å². The van der Waals surface area contributed by atoms with Gasteiger partial charge in [0.25, 0.3) is 0 Å². The fourth-order valence-electron chi connectivity index (χ4n) is 1.88. The van der Waals surface area contributed by atoms with Crippen LogP contribution in [0.15, 0.2) is 53.4 Å². The highest BCUT2D eigenvalue weighted by atomic mass is 32.2. The summed E-state index contributed by atoms with van der Waals surface area (Å²) in [5.74, 6) is -0.494. The minimum Gasteiger partial charge on any atom is -0.207 e. The molecule has 4 nitrogen and oxygen atoms in total. The fraction of sp³-hybridized carbons (Fsp3) is 0.133. The van der Waals surface area contributed by atoms with Crippen molar-refractivity contribution < 1.29 is 12.8 Å². The smallest absolute Gasteiger partial charge is 0.207 e. The van der Waals surface area contributed by atoms with Crippen molar-refractivity contribution in [2.75, 3.05) is 7.05 Å².